The van der Waals surface area contributed by atoms with Gasteiger partial charge in [-0.3, -0.25) is 9.59 Å². The number of likely N-dealkylation sites (tertiary alicyclic amines) is 1. The fraction of sp³-hybridized carbons (Fsp3) is 0.357. The number of H-pyrrole nitrogens is 1. The number of amides is 1. The number of halogens is 1. The van der Waals surface area contributed by atoms with Crippen molar-refractivity contribution in [3.63, 3.8) is 0 Å². The van der Waals surface area contributed by atoms with Gasteiger partial charge in [-0.2, -0.15) is 0 Å². The third kappa shape index (κ3) is 5.26. The van der Waals surface area contributed by atoms with Crippen molar-refractivity contribution in [1.82, 2.24) is 14.8 Å². The molecule has 0 unspecified atom stereocenters. The van der Waals surface area contributed by atoms with Crippen molar-refractivity contribution in [2.45, 2.75) is 45.2 Å². The largest absolute Gasteiger partial charge is 0.334 e. The molecular formula is C28H32ClN3O2. The summed E-state index contributed by atoms with van der Waals surface area (Å²) in [7, 11) is 0. The Hall–Kier alpha value is -2.89. The van der Waals surface area contributed by atoms with Crippen LogP contribution in [0, 0.1) is 0 Å². The van der Waals surface area contributed by atoms with Gasteiger partial charge in [-0.05, 0) is 73.0 Å². The fourth-order valence-corrected chi connectivity index (χ4v) is 5.09. The molecule has 34 heavy (non-hydrogen) atoms. The van der Waals surface area contributed by atoms with E-state index in [-0.39, 0.29) is 23.9 Å². The maximum Gasteiger partial charge on any atom is 0.255 e. The van der Waals surface area contributed by atoms with Crippen LogP contribution in [0.4, 0.5) is 0 Å². The number of pyridine rings is 1. The lowest BCUT2D eigenvalue weighted by Gasteiger charge is -2.29. The third-order valence-electron chi connectivity index (χ3n) is 7.20. The van der Waals surface area contributed by atoms with E-state index in [0.29, 0.717) is 18.7 Å². The van der Waals surface area contributed by atoms with Crippen molar-refractivity contribution in [3.05, 3.63) is 93.4 Å². The zero-order chi connectivity index (χ0) is 22.8. The van der Waals surface area contributed by atoms with Gasteiger partial charge in [0.2, 0.25) is 5.56 Å². The van der Waals surface area contributed by atoms with E-state index in [1.165, 1.54) is 59.5 Å². The van der Waals surface area contributed by atoms with Crippen LogP contribution in [-0.4, -0.2) is 46.4 Å². The van der Waals surface area contributed by atoms with E-state index in [1.54, 1.807) is 6.07 Å². The van der Waals surface area contributed by atoms with Gasteiger partial charge in [0.15, 0.2) is 0 Å². The zero-order valence-electron chi connectivity index (χ0n) is 19.6. The standard InChI is InChI=1S/C28H31N3O2.ClH/c1-20-3-2-14-30(20)15-12-21-4-6-22(7-5-21)23-8-9-26-19-31(16-13-24(26)17-23)28(33)25-10-11-27(32)29-18-25;/h4-11,17-18,20H,2-3,12-16,19H2,1H3,(H,29,32);1H/t20-;/m1./s1. The number of carbonyl (C=O) groups excluding carboxylic acids is 1. The van der Waals surface area contributed by atoms with Crippen molar-refractivity contribution in [1.29, 1.82) is 0 Å². The van der Waals surface area contributed by atoms with E-state index >= 15 is 0 Å². The van der Waals surface area contributed by atoms with Crippen LogP contribution >= 0.6 is 12.4 Å². The molecule has 178 valence electrons. The quantitative estimate of drug-likeness (QED) is 0.580. The maximum absolute atomic E-state index is 12.8. The molecule has 0 radical (unpaired) electrons. The Balaban J connectivity index is 0.00000274. The molecule has 2 aliphatic rings. The lowest BCUT2D eigenvalue weighted by molar-refractivity contribution is 0.0734. The summed E-state index contributed by atoms with van der Waals surface area (Å²) in [5, 5.41) is 0. The van der Waals surface area contributed by atoms with Gasteiger partial charge in [0.1, 0.15) is 0 Å². The molecule has 0 saturated carbocycles. The van der Waals surface area contributed by atoms with Crippen LogP contribution in [0.1, 0.15) is 46.8 Å². The molecule has 6 heteroatoms. The van der Waals surface area contributed by atoms with Crippen molar-refractivity contribution in [2.24, 2.45) is 0 Å². The summed E-state index contributed by atoms with van der Waals surface area (Å²) >= 11 is 0. The van der Waals surface area contributed by atoms with Gasteiger partial charge in [-0.1, -0.05) is 42.5 Å². The first-order valence-corrected chi connectivity index (χ1v) is 12.0. The molecule has 0 spiro atoms. The Labute approximate surface area is 207 Å². The van der Waals surface area contributed by atoms with Gasteiger partial charge in [0.25, 0.3) is 5.91 Å². The predicted octanol–water partition coefficient (Wildman–Crippen LogP) is 4.69. The van der Waals surface area contributed by atoms with E-state index in [9.17, 15) is 9.59 Å². The second-order valence-electron chi connectivity index (χ2n) is 9.38. The molecule has 1 aromatic heterocycles. The Kier molecular flexibility index (Phi) is 7.54. The van der Waals surface area contributed by atoms with Crippen molar-refractivity contribution < 1.29 is 4.79 Å². The van der Waals surface area contributed by atoms with E-state index in [2.05, 4.69) is 59.3 Å². The van der Waals surface area contributed by atoms with Crippen LogP contribution in [0.25, 0.3) is 11.1 Å². The SMILES string of the molecule is C[C@@H]1CCCN1CCc1ccc(-c2ccc3c(c2)CCN(C(=O)c2ccc(=O)[nH]c2)C3)cc1.Cl. The minimum Gasteiger partial charge on any atom is -0.334 e. The highest BCUT2D eigenvalue weighted by Gasteiger charge is 2.22. The fourth-order valence-electron chi connectivity index (χ4n) is 5.09. The molecule has 5 nitrogen and oxygen atoms in total. The van der Waals surface area contributed by atoms with Crippen LogP contribution in [0.2, 0.25) is 0 Å². The van der Waals surface area contributed by atoms with Gasteiger partial charge < -0.3 is 14.8 Å². The lowest BCUT2D eigenvalue weighted by atomic mass is 9.94. The van der Waals surface area contributed by atoms with Crippen LogP contribution in [0.15, 0.2) is 65.6 Å². The number of benzene rings is 2. The average molecular weight is 478 g/mol. The number of carbonyl (C=O) groups is 1. The molecule has 1 fully saturated rings. The van der Waals surface area contributed by atoms with Crippen molar-refractivity contribution >= 4 is 18.3 Å². The summed E-state index contributed by atoms with van der Waals surface area (Å²) in [6.45, 7) is 6.00. The molecular weight excluding hydrogens is 446 g/mol. The molecule has 3 heterocycles. The Morgan fingerprint density at radius 2 is 1.79 bits per heavy atom. The van der Waals surface area contributed by atoms with Gasteiger partial charge in [0.05, 0.1) is 5.56 Å². The number of nitrogens with zero attached hydrogens (tertiary/aromatic N) is 2. The number of aromatic amines is 1. The molecule has 2 aromatic carbocycles. The third-order valence-corrected chi connectivity index (χ3v) is 7.20. The molecule has 3 aromatic rings. The molecule has 2 aliphatic heterocycles. The minimum atomic E-state index is -0.197. The summed E-state index contributed by atoms with van der Waals surface area (Å²) in [6, 6.07) is 19.3. The van der Waals surface area contributed by atoms with E-state index in [1.807, 2.05) is 4.90 Å². The average Bonchev–Trinajstić information content (AvgIpc) is 3.27. The Bertz CT molecular complexity index is 1180. The zero-order valence-corrected chi connectivity index (χ0v) is 20.4. The summed E-state index contributed by atoms with van der Waals surface area (Å²) in [5.41, 5.74) is 6.69. The second kappa shape index (κ2) is 10.6. The number of rotatable bonds is 5. The van der Waals surface area contributed by atoms with Gasteiger partial charge >= 0.3 is 0 Å². The van der Waals surface area contributed by atoms with Crippen molar-refractivity contribution in [2.75, 3.05) is 19.6 Å². The molecule has 1 amide bonds. The molecule has 0 aliphatic carbocycles. The second-order valence-corrected chi connectivity index (χ2v) is 9.38. The summed E-state index contributed by atoms with van der Waals surface area (Å²) in [5.74, 6) is -0.0418. The first-order valence-electron chi connectivity index (χ1n) is 12.0. The minimum absolute atomic E-state index is 0. The number of fused-ring (bicyclic) bond motifs is 1. The van der Waals surface area contributed by atoms with Gasteiger partial charge in [0, 0.05) is 37.9 Å². The first kappa shape index (κ1) is 24.2. The lowest BCUT2D eigenvalue weighted by Crippen LogP contribution is -2.36. The Morgan fingerprint density at radius 1 is 1.00 bits per heavy atom. The number of nitrogens with one attached hydrogen (secondary N) is 1. The molecule has 5 rings (SSSR count). The van der Waals surface area contributed by atoms with Gasteiger partial charge in [-0.15, -0.1) is 12.4 Å². The summed E-state index contributed by atoms with van der Waals surface area (Å²) in [4.78, 5) is 31.1. The smallest absolute Gasteiger partial charge is 0.255 e. The van der Waals surface area contributed by atoms with Crippen molar-refractivity contribution in [3.8, 4) is 11.1 Å². The van der Waals surface area contributed by atoms with Crippen LogP contribution in [0.3, 0.4) is 0 Å². The molecule has 1 N–H and O–H groups in total. The highest BCUT2D eigenvalue weighted by Crippen LogP contribution is 2.27. The topological polar surface area (TPSA) is 56.4 Å². The first-order chi connectivity index (χ1) is 16.1. The monoisotopic (exact) mass is 477 g/mol. The van der Waals surface area contributed by atoms with Crippen LogP contribution < -0.4 is 5.56 Å². The van der Waals surface area contributed by atoms with E-state index < -0.39 is 0 Å². The molecule has 1 atom stereocenters. The highest BCUT2D eigenvalue weighted by molar-refractivity contribution is 5.94. The number of hydrogen-bond acceptors (Lipinski definition) is 3. The number of aromatic nitrogens is 1. The normalized spacial score (nSPS) is 17.8. The number of hydrogen-bond donors (Lipinski definition) is 1. The van der Waals surface area contributed by atoms with Crippen LogP contribution in [-0.2, 0) is 19.4 Å². The summed E-state index contributed by atoms with van der Waals surface area (Å²) < 4.78 is 0. The van der Waals surface area contributed by atoms with Gasteiger partial charge in [-0.25, -0.2) is 0 Å². The maximum atomic E-state index is 12.8. The van der Waals surface area contributed by atoms with E-state index in [4.69, 9.17) is 0 Å². The van der Waals surface area contributed by atoms with E-state index in [0.717, 1.165) is 25.4 Å². The predicted molar refractivity (Wildman–Crippen MR) is 139 cm³/mol. The molecule has 0 bridgehead atoms. The Morgan fingerprint density at radius 3 is 2.50 bits per heavy atom. The highest BCUT2D eigenvalue weighted by atomic mass is 35.5. The summed E-state index contributed by atoms with van der Waals surface area (Å²) in [6.07, 6.45) is 6.10. The van der Waals surface area contributed by atoms with Crippen LogP contribution in [0.5, 0.6) is 0 Å². The molecule has 1 saturated heterocycles.